The molecule has 0 spiro atoms. The predicted molar refractivity (Wildman–Crippen MR) is 57.8 cm³/mol. The summed E-state index contributed by atoms with van der Waals surface area (Å²) < 4.78 is 6.31. The topological polar surface area (TPSA) is 57.0 Å². The summed E-state index contributed by atoms with van der Waals surface area (Å²) in [4.78, 5) is 15.2. The Bertz CT molecular complexity index is 519. The first-order chi connectivity index (χ1) is 7.70. The Kier molecular flexibility index (Phi) is 2.68. The van der Waals surface area contributed by atoms with Gasteiger partial charge in [-0.25, -0.2) is 9.78 Å². The van der Waals surface area contributed by atoms with Crippen LogP contribution in [0, 0.1) is 0 Å². The summed E-state index contributed by atoms with van der Waals surface area (Å²) in [6.07, 6.45) is 3.41. The Morgan fingerprint density at radius 2 is 2.25 bits per heavy atom. The van der Waals surface area contributed by atoms with E-state index in [-0.39, 0.29) is 5.69 Å². The SMILES string of the molecule is COC(=O)c1cc(-c2ccn(C)n2)ccn1. The third kappa shape index (κ3) is 1.93. The second kappa shape index (κ2) is 4.14. The highest BCUT2D eigenvalue weighted by molar-refractivity contribution is 5.88. The van der Waals surface area contributed by atoms with E-state index in [0.29, 0.717) is 0 Å². The summed E-state index contributed by atoms with van der Waals surface area (Å²) in [5.74, 6) is -0.446. The van der Waals surface area contributed by atoms with E-state index in [9.17, 15) is 4.79 Å². The van der Waals surface area contributed by atoms with E-state index in [1.54, 1.807) is 23.0 Å². The van der Waals surface area contributed by atoms with Crippen molar-refractivity contribution in [2.45, 2.75) is 0 Å². The molecule has 0 unspecified atom stereocenters. The standard InChI is InChI=1S/C11H11N3O2/c1-14-6-4-9(13-14)8-3-5-12-10(7-8)11(15)16-2/h3-7H,1-2H3. The van der Waals surface area contributed by atoms with Crippen molar-refractivity contribution >= 4 is 5.97 Å². The van der Waals surface area contributed by atoms with Crippen molar-refractivity contribution in [2.75, 3.05) is 7.11 Å². The van der Waals surface area contributed by atoms with Gasteiger partial charge in [-0.1, -0.05) is 0 Å². The summed E-state index contributed by atoms with van der Waals surface area (Å²) in [5.41, 5.74) is 1.93. The molecule has 0 atom stereocenters. The lowest BCUT2D eigenvalue weighted by atomic mass is 10.2. The van der Waals surface area contributed by atoms with Gasteiger partial charge in [-0.05, 0) is 18.2 Å². The first-order valence-electron chi connectivity index (χ1n) is 4.75. The lowest BCUT2D eigenvalue weighted by Crippen LogP contribution is -2.03. The zero-order chi connectivity index (χ0) is 11.5. The van der Waals surface area contributed by atoms with Gasteiger partial charge in [0, 0.05) is 25.0 Å². The molecule has 2 rings (SSSR count). The number of methoxy groups -OCH3 is 1. The molecule has 0 saturated carbocycles. The fraction of sp³-hybridized carbons (Fsp3) is 0.182. The molecule has 0 fully saturated rings. The quantitative estimate of drug-likeness (QED) is 0.711. The normalized spacial score (nSPS) is 10.1. The number of esters is 1. The van der Waals surface area contributed by atoms with Crippen LogP contribution in [0.1, 0.15) is 10.5 Å². The molecule has 0 saturated heterocycles. The molecule has 0 aliphatic rings. The molecule has 0 bridgehead atoms. The zero-order valence-electron chi connectivity index (χ0n) is 9.04. The molecule has 0 radical (unpaired) electrons. The summed E-state index contributed by atoms with van der Waals surface area (Å²) in [6, 6.07) is 5.33. The average molecular weight is 217 g/mol. The first kappa shape index (κ1) is 10.4. The summed E-state index contributed by atoms with van der Waals surface area (Å²) in [7, 11) is 3.17. The molecular formula is C11H11N3O2. The number of carbonyl (C=O) groups is 1. The van der Waals surface area contributed by atoms with Gasteiger partial charge in [-0.3, -0.25) is 4.68 Å². The Hall–Kier alpha value is -2.17. The number of hydrogen-bond acceptors (Lipinski definition) is 4. The molecule has 2 aromatic heterocycles. The van der Waals surface area contributed by atoms with Crippen molar-refractivity contribution in [1.29, 1.82) is 0 Å². The Morgan fingerprint density at radius 1 is 1.44 bits per heavy atom. The lowest BCUT2D eigenvalue weighted by molar-refractivity contribution is 0.0594. The van der Waals surface area contributed by atoms with Crippen molar-refractivity contribution in [3.05, 3.63) is 36.3 Å². The maximum atomic E-state index is 11.3. The van der Waals surface area contributed by atoms with Crippen LogP contribution in [0.25, 0.3) is 11.3 Å². The zero-order valence-corrected chi connectivity index (χ0v) is 9.04. The van der Waals surface area contributed by atoms with Gasteiger partial charge in [0.1, 0.15) is 5.69 Å². The second-order valence-corrected chi connectivity index (χ2v) is 3.30. The Morgan fingerprint density at radius 3 is 2.88 bits per heavy atom. The first-order valence-corrected chi connectivity index (χ1v) is 4.75. The van der Waals surface area contributed by atoms with Gasteiger partial charge in [0.05, 0.1) is 12.8 Å². The van der Waals surface area contributed by atoms with Crippen LogP contribution in [0.5, 0.6) is 0 Å². The van der Waals surface area contributed by atoms with Crippen molar-refractivity contribution < 1.29 is 9.53 Å². The van der Waals surface area contributed by atoms with E-state index in [2.05, 4.69) is 14.8 Å². The molecule has 0 aromatic carbocycles. The van der Waals surface area contributed by atoms with Gasteiger partial charge in [-0.2, -0.15) is 5.10 Å². The van der Waals surface area contributed by atoms with E-state index < -0.39 is 5.97 Å². The molecule has 0 aliphatic carbocycles. The van der Waals surface area contributed by atoms with Crippen LogP contribution < -0.4 is 0 Å². The van der Waals surface area contributed by atoms with Crippen LogP contribution in [0.3, 0.4) is 0 Å². The van der Waals surface area contributed by atoms with Crippen molar-refractivity contribution in [3.8, 4) is 11.3 Å². The van der Waals surface area contributed by atoms with E-state index in [1.165, 1.54) is 7.11 Å². The fourth-order valence-electron chi connectivity index (χ4n) is 1.38. The lowest BCUT2D eigenvalue weighted by Gasteiger charge is -2.00. The highest BCUT2D eigenvalue weighted by Crippen LogP contribution is 2.16. The molecule has 0 N–H and O–H groups in total. The van der Waals surface area contributed by atoms with Crippen molar-refractivity contribution in [1.82, 2.24) is 14.8 Å². The van der Waals surface area contributed by atoms with Gasteiger partial charge in [0.2, 0.25) is 0 Å². The fourth-order valence-corrected chi connectivity index (χ4v) is 1.38. The van der Waals surface area contributed by atoms with Gasteiger partial charge in [-0.15, -0.1) is 0 Å². The third-order valence-corrected chi connectivity index (χ3v) is 2.16. The van der Waals surface area contributed by atoms with Crippen molar-refractivity contribution in [3.63, 3.8) is 0 Å². The van der Waals surface area contributed by atoms with Crippen molar-refractivity contribution in [2.24, 2.45) is 7.05 Å². The van der Waals surface area contributed by atoms with Crippen LogP contribution in [0.2, 0.25) is 0 Å². The number of nitrogens with zero attached hydrogens (tertiary/aromatic N) is 3. The molecule has 5 nitrogen and oxygen atoms in total. The molecular weight excluding hydrogens is 206 g/mol. The predicted octanol–water partition coefficient (Wildman–Crippen LogP) is 1.27. The minimum Gasteiger partial charge on any atom is -0.464 e. The van der Waals surface area contributed by atoms with E-state index >= 15 is 0 Å². The number of rotatable bonds is 2. The summed E-state index contributed by atoms with van der Waals surface area (Å²) >= 11 is 0. The maximum Gasteiger partial charge on any atom is 0.356 e. The van der Waals surface area contributed by atoms with Gasteiger partial charge in [0.15, 0.2) is 0 Å². The van der Waals surface area contributed by atoms with Gasteiger partial charge >= 0.3 is 5.97 Å². The molecule has 2 aromatic rings. The van der Waals surface area contributed by atoms with Crippen LogP contribution in [0.4, 0.5) is 0 Å². The number of ether oxygens (including phenoxy) is 1. The average Bonchev–Trinajstić information content (AvgIpc) is 2.75. The number of aromatic nitrogens is 3. The molecule has 5 heteroatoms. The smallest absolute Gasteiger partial charge is 0.356 e. The molecule has 0 aliphatic heterocycles. The molecule has 82 valence electrons. The van der Waals surface area contributed by atoms with E-state index in [1.807, 2.05) is 19.3 Å². The molecule has 2 heterocycles. The Labute approximate surface area is 92.7 Å². The van der Waals surface area contributed by atoms with Crippen LogP contribution in [-0.2, 0) is 11.8 Å². The summed E-state index contributed by atoms with van der Waals surface area (Å²) in [5, 5.41) is 4.24. The van der Waals surface area contributed by atoms with E-state index in [0.717, 1.165) is 11.3 Å². The van der Waals surface area contributed by atoms with Gasteiger partial charge < -0.3 is 4.74 Å². The van der Waals surface area contributed by atoms with Crippen LogP contribution in [0.15, 0.2) is 30.6 Å². The van der Waals surface area contributed by atoms with Crippen LogP contribution in [-0.4, -0.2) is 27.8 Å². The highest BCUT2D eigenvalue weighted by atomic mass is 16.5. The van der Waals surface area contributed by atoms with E-state index in [4.69, 9.17) is 0 Å². The van der Waals surface area contributed by atoms with Gasteiger partial charge in [0.25, 0.3) is 0 Å². The van der Waals surface area contributed by atoms with Crippen LogP contribution >= 0.6 is 0 Å². The Balaban J connectivity index is 2.39. The number of aryl methyl sites for hydroxylation is 1. The molecule has 16 heavy (non-hydrogen) atoms. The number of carbonyl (C=O) groups excluding carboxylic acids is 1. The number of hydrogen-bond donors (Lipinski definition) is 0. The maximum absolute atomic E-state index is 11.3. The number of pyridine rings is 1. The minimum absolute atomic E-state index is 0.283. The monoisotopic (exact) mass is 217 g/mol. The largest absolute Gasteiger partial charge is 0.464 e. The minimum atomic E-state index is -0.446. The highest BCUT2D eigenvalue weighted by Gasteiger charge is 2.09. The summed E-state index contributed by atoms with van der Waals surface area (Å²) in [6.45, 7) is 0. The third-order valence-electron chi connectivity index (χ3n) is 2.16. The second-order valence-electron chi connectivity index (χ2n) is 3.30. The molecule has 0 amide bonds.